The maximum absolute atomic E-state index is 12.2. The number of dihydropyridines is 2. The molecule has 1 fully saturated rings. The Morgan fingerprint density at radius 2 is 2.17 bits per heavy atom. The maximum atomic E-state index is 12.2. The minimum Gasteiger partial charge on any atom is -0.378 e. The fraction of sp³-hybridized carbons (Fsp3) is 0.500. The largest absolute Gasteiger partial charge is 0.378 e. The quantitative estimate of drug-likeness (QED) is 0.571. The van der Waals surface area contributed by atoms with Crippen LogP contribution in [0, 0.1) is 11.3 Å². The van der Waals surface area contributed by atoms with Gasteiger partial charge in [-0.25, -0.2) is 4.99 Å². The van der Waals surface area contributed by atoms with E-state index in [0.717, 1.165) is 18.4 Å². The summed E-state index contributed by atoms with van der Waals surface area (Å²) in [6, 6.07) is 2.01. The number of amides is 1. The van der Waals surface area contributed by atoms with Gasteiger partial charge in [0.05, 0.1) is 17.0 Å². The van der Waals surface area contributed by atoms with Gasteiger partial charge >= 0.3 is 0 Å². The van der Waals surface area contributed by atoms with Crippen LogP contribution in [0.25, 0.3) is 0 Å². The highest BCUT2D eigenvalue weighted by Gasteiger charge is 2.36. The molecule has 3 rings (SSSR count). The first-order valence-corrected chi connectivity index (χ1v) is 7.88. The second-order valence-electron chi connectivity index (χ2n) is 6.01. The van der Waals surface area contributed by atoms with E-state index in [1.807, 2.05) is 6.07 Å². The van der Waals surface area contributed by atoms with E-state index >= 15 is 0 Å². The van der Waals surface area contributed by atoms with Crippen molar-refractivity contribution in [3.8, 4) is 6.07 Å². The molecule has 120 valence electrons. The van der Waals surface area contributed by atoms with Crippen molar-refractivity contribution in [2.45, 2.75) is 30.9 Å². The molecule has 0 bridgehead atoms. The molecule has 6 nitrogen and oxygen atoms in total. The van der Waals surface area contributed by atoms with Crippen molar-refractivity contribution in [2.75, 3.05) is 20.2 Å². The zero-order valence-corrected chi connectivity index (χ0v) is 13.8. The van der Waals surface area contributed by atoms with E-state index in [1.165, 1.54) is 6.21 Å². The van der Waals surface area contributed by atoms with Crippen LogP contribution in [0.15, 0.2) is 32.9 Å². The average Bonchev–Trinajstić information content (AvgIpc) is 2.55. The van der Waals surface area contributed by atoms with Crippen LogP contribution in [0.4, 0.5) is 0 Å². The highest BCUT2D eigenvalue weighted by atomic mass is 35.5. The molecule has 0 saturated carbocycles. The Labute approximate surface area is 139 Å². The molecular formula is C16H17ClN4O2. The molecule has 0 spiro atoms. The first kappa shape index (κ1) is 15.9. The third kappa shape index (κ3) is 2.82. The summed E-state index contributed by atoms with van der Waals surface area (Å²) in [5.74, 6) is -0.519. The number of piperidine rings is 1. The van der Waals surface area contributed by atoms with Crippen LogP contribution in [-0.4, -0.2) is 54.0 Å². The standard InChI is InChI=1S/C16H17ClN4O2/c1-16(23-2)3-5-21(6-4-16)14-10-7-13(17)19-9-12(10)20-15(22)11(14)8-18/h7,9,13H,3-6H2,1-2H3. The van der Waals surface area contributed by atoms with Crippen LogP contribution >= 0.6 is 11.6 Å². The summed E-state index contributed by atoms with van der Waals surface area (Å²) in [4.78, 5) is 22.2. The third-order valence-electron chi connectivity index (χ3n) is 4.59. The Bertz CT molecular complexity index is 706. The van der Waals surface area contributed by atoms with Gasteiger partial charge in [0, 0.05) is 32.0 Å². The fourth-order valence-electron chi connectivity index (χ4n) is 3.00. The Hall–Kier alpha value is -1.97. The van der Waals surface area contributed by atoms with Crippen molar-refractivity contribution >= 4 is 29.4 Å². The number of methoxy groups -OCH3 is 1. The number of fused-ring (bicyclic) bond motifs is 1. The van der Waals surface area contributed by atoms with Crippen LogP contribution < -0.4 is 0 Å². The summed E-state index contributed by atoms with van der Waals surface area (Å²) >= 11 is 6.08. The lowest BCUT2D eigenvalue weighted by molar-refractivity contribution is -0.114. The van der Waals surface area contributed by atoms with Gasteiger partial charge < -0.3 is 9.64 Å². The van der Waals surface area contributed by atoms with E-state index in [4.69, 9.17) is 16.3 Å². The van der Waals surface area contributed by atoms with Crippen molar-refractivity contribution < 1.29 is 9.53 Å². The summed E-state index contributed by atoms with van der Waals surface area (Å²) in [5, 5.41) is 9.42. The molecule has 0 aliphatic carbocycles. The number of ether oxygens (including phenoxy) is 1. The van der Waals surface area contributed by atoms with E-state index in [9.17, 15) is 10.1 Å². The Morgan fingerprint density at radius 1 is 1.48 bits per heavy atom. The van der Waals surface area contributed by atoms with Crippen LogP contribution in [0.5, 0.6) is 0 Å². The molecule has 1 amide bonds. The zero-order valence-electron chi connectivity index (χ0n) is 13.0. The second-order valence-corrected chi connectivity index (χ2v) is 6.46. The number of nitrogens with zero attached hydrogens (tertiary/aromatic N) is 4. The summed E-state index contributed by atoms with van der Waals surface area (Å²) in [7, 11) is 1.71. The van der Waals surface area contributed by atoms with Gasteiger partial charge in [0.25, 0.3) is 5.91 Å². The summed E-state index contributed by atoms with van der Waals surface area (Å²) in [5.41, 5.74) is 1.20. The van der Waals surface area contributed by atoms with Gasteiger partial charge in [-0.3, -0.25) is 9.79 Å². The van der Waals surface area contributed by atoms with Gasteiger partial charge in [0.2, 0.25) is 0 Å². The minimum atomic E-state index is -0.519. The lowest BCUT2D eigenvalue weighted by atomic mass is 9.90. The number of aliphatic imine (C=N–C) groups is 2. The van der Waals surface area contributed by atoms with Gasteiger partial charge in [-0.1, -0.05) is 11.6 Å². The van der Waals surface area contributed by atoms with Crippen LogP contribution in [-0.2, 0) is 9.53 Å². The van der Waals surface area contributed by atoms with Crippen molar-refractivity contribution in [3.63, 3.8) is 0 Å². The van der Waals surface area contributed by atoms with Gasteiger partial charge in [-0.2, -0.15) is 5.26 Å². The zero-order chi connectivity index (χ0) is 16.6. The van der Waals surface area contributed by atoms with Crippen molar-refractivity contribution in [1.29, 1.82) is 5.26 Å². The summed E-state index contributed by atoms with van der Waals surface area (Å²) in [6.07, 6.45) is 4.88. The molecule has 0 aromatic heterocycles. The van der Waals surface area contributed by atoms with E-state index in [2.05, 4.69) is 21.8 Å². The normalized spacial score (nSPS) is 26.4. The first-order valence-electron chi connectivity index (χ1n) is 7.45. The topological polar surface area (TPSA) is 78.0 Å². The number of alkyl halides is 1. The van der Waals surface area contributed by atoms with E-state index in [1.54, 1.807) is 13.2 Å². The lowest BCUT2D eigenvalue weighted by Crippen LogP contribution is -2.45. The summed E-state index contributed by atoms with van der Waals surface area (Å²) in [6.45, 7) is 3.48. The fourth-order valence-corrected chi connectivity index (χ4v) is 3.19. The molecule has 1 atom stereocenters. The number of allylic oxidation sites excluding steroid dienone is 1. The van der Waals surface area contributed by atoms with Crippen LogP contribution in [0.3, 0.4) is 0 Å². The number of hydrogen-bond acceptors (Lipinski definition) is 5. The van der Waals surface area contributed by atoms with E-state index < -0.39 is 11.4 Å². The number of carbonyl (C=O) groups is 1. The van der Waals surface area contributed by atoms with E-state index in [0.29, 0.717) is 24.5 Å². The molecule has 3 heterocycles. The van der Waals surface area contributed by atoms with E-state index in [-0.39, 0.29) is 11.2 Å². The molecule has 1 unspecified atom stereocenters. The molecule has 3 aliphatic rings. The molecule has 0 aromatic rings. The first-order chi connectivity index (χ1) is 11.0. The Balaban J connectivity index is 1.98. The van der Waals surface area contributed by atoms with Crippen molar-refractivity contribution in [3.05, 3.63) is 22.9 Å². The summed E-state index contributed by atoms with van der Waals surface area (Å²) < 4.78 is 5.56. The molecule has 1 saturated heterocycles. The van der Waals surface area contributed by atoms with Crippen molar-refractivity contribution in [2.24, 2.45) is 9.98 Å². The number of rotatable bonds is 2. The highest BCUT2D eigenvalue weighted by molar-refractivity contribution is 6.44. The second kappa shape index (κ2) is 5.91. The number of nitriles is 1. The van der Waals surface area contributed by atoms with Gasteiger partial charge in [-0.15, -0.1) is 0 Å². The average molecular weight is 333 g/mol. The smallest absolute Gasteiger partial charge is 0.290 e. The monoisotopic (exact) mass is 332 g/mol. The maximum Gasteiger partial charge on any atom is 0.290 e. The van der Waals surface area contributed by atoms with Crippen molar-refractivity contribution in [1.82, 2.24) is 4.90 Å². The number of likely N-dealkylation sites (tertiary alicyclic amines) is 1. The number of carbonyl (C=O) groups excluding carboxylic acids is 1. The number of halogens is 1. The Morgan fingerprint density at radius 3 is 2.78 bits per heavy atom. The Kier molecular flexibility index (Phi) is 4.09. The molecule has 3 aliphatic heterocycles. The predicted octanol–water partition coefficient (Wildman–Crippen LogP) is 1.82. The molecule has 0 N–H and O–H groups in total. The molecule has 0 radical (unpaired) electrons. The minimum absolute atomic E-state index is 0.0696. The van der Waals surface area contributed by atoms with Crippen LogP contribution in [0.1, 0.15) is 19.8 Å². The SMILES string of the molecule is COC1(C)CCN(C2=C(C#N)C(=O)N=C3C=NC(Cl)C=C32)CC1. The highest BCUT2D eigenvalue weighted by Crippen LogP contribution is 2.33. The van der Waals surface area contributed by atoms with Gasteiger partial charge in [-0.05, 0) is 25.8 Å². The van der Waals surface area contributed by atoms with Crippen LogP contribution in [0.2, 0.25) is 0 Å². The number of hydrogen-bond donors (Lipinski definition) is 0. The molecule has 7 heteroatoms. The lowest BCUT2D eigenvalue weighted by Gasteiger charge is -2.41. The molecule has 0 aromatic carbocycles. The predicted molar refractivity (Wildman–Crippen MR) is 87.5 cm³/mol. The molecular weight excluding hydrogens is 316 g/mol. The van der Waals surface area contributed by atoms with Gasteiger partial charge in [0.1, 0.15) is 17.1 Å². The third-order valence-corrected chi connectivity index (χ3v) is 4.83. The molecule has 23 heavy (non-hydrogen) atoms. The van der Waals surface area contributed by atoms with Gasteiger partial charge in [0.15, 0.2) is 0 Å².